The minimum absolute atomic E-state index is 1.04. The molecule has 2 heterocycles. The standard InChI is InChI=1S/C10H13NS/c1-8-5-10(7-12-8)9-3-2-4-11-6-9/h3,5,7,11H,2,4,6H2,1H3. The quantitative estimate of drug-likeness (QED) is 0.698. The third-order valence-electron chi connectivity index (χ3n) is 2.13. The molecule has 1 N–H and O–H groups in total. The lowest BCUT2D eigenvalue weighted by Gasteiger charge is -2.12. The first-order valence-electron chi connectivity index (χ1n) is 4.31. The summed E-state index contributed by atoms with van der Waals surface area (Å²) >= 11 is 1.83. The normalized spacial score (nSPS) is 17.6. The second-order valence-electron chi connectivity index (χ2n) is 3.14. The lowest BCUT2D eigenvalue weighted by Crippen LogP contribution is -2.21. The highest BCUT2D eigenvalue weighted by Crippen LogP contribution is 2.22. The van der Waals surface area contributed by atoms with Crippen LogP contribution < -0.4 is 5.32 Å². The minimum atomic E-state index is 1.04. The van der Waals surface area contributed by atoms with Crippen molar-refractivity contribution >= 4 is 16.9 Å². The van der Waals surface area contributed by atoms with Gasteiger partial charge in [-0.25, -0.2) is 0 Å². The van der Waals surface area contributed by atoms with Crippen LogP contribution in [0, 0.1) is 6.92 Å². The molecule has 0 aromatic carbocycles. The highest BCUT2D eigenvalue weighted by molar-refractivity contribution is 7.10. The van der Waals surface area contributed by atoms with Crippen molar-refractivity contribution in [2.45, 2.75) is 13.3 Å². The fourth-order valence-corrected chi connectivity index (χ4v) is 2.20. The lowest BCUT2D eigenvalue weighted by atomic mass is 10.1. The number of aryl methyl sites for hydroxylation is 1. The van der Waals surface area contributed by atoms with Crippen LogP contribution in [0.2, 0.25) is 0 Å². The molecule has 1 aromatic heterocycles. The number of hydrogen-bond acceptors (Lipinski definition) is 2. The van der Waals surface area contributed by atoms with Gasteiger partial charge in [-0.2, -0.15) is 0 Å². The van der Waals surface area contributed by atoms with Crippen molar-refractivity contribution in [2.24, 2.45) is 0 Å². The summed E-state index contributed by atoms with van der Waals surface area (Å²) in [6.45, 7) is 4.33. The summed E-state index contributed by atoms with van der Waals surface area (Å²) < 4.78 is 0. The average molecular weight is 179 g/mol. The average Bonchev–Trinajstić information content (AvgIpc) is 2.54. The second kappa shape index (κ2) is 3.42. The van der Waals surface area contributed by atoms with Crippen molar-refractivity contribution in [3.63, 3.8) is 0 Å². The van der Waals surface area contributed by atoms with Gasteiger partial charge in [0.15, 0.2) is 0 Å². The second-order valence-corrected chi connectivity index (χ2v) is 4.26. The van der Waals surface area contributed by atoms with E-state index in [1.165, 1.54) is 22.4 Å². The van der Waals surface area contributed by atoms with Crippen LogP contribution in [0.25, 0.3) is 5.57 Å². The van der Waals surface area contributed by atoms with E-state index < -0.39 is 0 Å². The van der Waals surface area contributed by atoms with Crippen LogP contribution in [0.5, 0.6) is 0 Å². The van der Waals surface area contributed by atoms with Crippen LogP contribution in [-0.2, 0) is 0 Å². The summed E-state index contributed by atoms with van der Waals surface area (Å²) in [5.74, 6) is 0. The SMILES string of the molecule is Cc1cc(C2=CCCNC2)cs1. The first-order valence-corrected chi connectivity index (χ1v) is 5.19. The van der Waals surface area contributed by atoms with Gasteiger partial charge in [0.25, 0.3) is 0 Å². The minimum Gasteiger partial charge on any atom is -0.312 e. The topological polar surface area (TPSA) is 12.0 Å². The van der Waals surface area contributed by atoms with Crippen LogP contribution >= 0.6 is 11.3 Å². The Morgan fingerprint density at radius 3 is 3.00 bits per heavy atom. The first-order chi connectivity index (χ1) is 5.86. The van der Waals surface area contributed by atoms with Crippen LogP contribution in [0.1, 0.15) is 16.9 Å². The molecule has 0 radical (unpaired) electrons. The zero-order valence-corrected chi connectivity index (χ0v) is 8.08. The third kappa shape index (κ3) is 1.59. The molecular weight excluding hydrogens is 166 g/mol. The fraction of sp³-hybridized carbons (Fsp3) is 0.400. The van der Waals surface area contributed by atoms with Crippen molar-refractivity contribution in [1.82, 2.24) is 5.32 Å². The van der Waals surface area contributed by atoms with E-state index in [4.69, 9.17) is 0 Å². The molecule has 0 unspecified atom stereocenters. The van der Waals surface area contributed by atoms with Gasteiger partial charge in [0.1, 0.15) is 0 Å². The van der Waals surface area contributed by atoms with Crippen molar-refractivity contribution in [1.29, 1.82) is 0 Å². The van der Waals surface area contributed by atoms with E-state index in [9.17, 15) is 0 Å². The fourth-order valence-electron chi connectivity index (χ4n) is 1.48. The Labute approximate surface area is 77.1 Å². The van der Waals surface area contributed by atoms with Crippen LogP contribution in [0.15, 0.2) is 17.5 Å². The molecule has 0 bridgehead atoms. The van der Waals surface area contributed by atoms with Gasteiger partial charge in [0, 0.05) is 11.4 Å². The Bertz CT molecular complexity index is 299. The van der Waals surface area contributed by atoms with Gasteiger partial charge in [0.05, 0.1) is 0 Å². The van der Waals surface area contributed by atoms with Gasteiger partial charge < -0.3 is 5.32 Å². The van der Waals surface area contributed by atoms with Crippen LogP contribution in [0.3, 0.4) is 0 Å². The van der Waals surface area contributed by atoms with E-state index in [1.54, 1.807) is 0 Å². The van der Waals surface area contributed by atoms with Crippen molar-refractivity contribution in [2.75, 3.05) is 13.1 Å². The molecule has 2 rings (SSSR count). The molecule has 2 heteroatoms. The molecule has 0 atom stereocenters. The van der Waals surface area contributed by atoms with Crippen LogP contribution in [-0.4, -0.2) is 13.1 Å². The Morgan fingerprint density at radius 1 is 1.50 bits per heavy atom. The maximum absolute atomic E-state index is 3.38. The Balaban J connectivity index is 2.23. The summed E-state index contributed by atoms with van der Waals surface area (Å²) in [6.07, 6.45) is 3.52. The smallest absolute Gasteiger partial charge is 0.0208 e. The molecule has 1 nitrogen and oxygen atoms in total. The first kappa shape index (κ1) is 8.02. The summed E-state index contributed by atoms with van der Waals surface area (Å²) in [6, 6.07) is 2.27. The van der Waals surface area contributed by atoms with E-state index in [0.29, 0.717) is 0 Å². The van der Waals surface area contributed by atoms with Crippen molar-refractivity contribution < 1.29 is 0 Å². The van der Waals surface area contributed by atoms with Gasteiger partial charge in [-0.1, -0.05) is 6.08 Å². The predicted octanol–water partition coefficient (Wildman–Crippen LogP) is 2.43. The molecule has 0 saturated heterocycles. The summed E-state index contributed by atoms with van der Waals surface area (Å²) in [5, 5.41) is 5.62. The molecule has 64 valence electrons. The maximum atomic E-state index is 3.38. The van der Waals surface area contributed by atoms with Crippen LogP contribution in [0.4, 0.5) is 0 Å². The molecule has 0 spiro atoms. The zero-order valence-electron chi connectivity index (χ0n) is 7.26. The number of thiophene rings is 1. The van der Waals surface area contributed by atoms with E-state index >= 15 is 0 Å². The molecule has 0 fully saturated rings. The number of hydrogen-bond donors (Lipinski definition) is 1. The molecule has 1 aliphatic heterocycles. The number of rotatable bonds is 1. The lowest BCUT2D eigenvalue weighted by molar-refractivity contribution is 0.739. The highest BCUT2D eigenvalue weighted by Gasteiger charge is 2.05. The predicted molar refractivity (Wildman–Crippen MR) is 54.5 cm³/mol. The Kier molecular flexibility index (Phi) is 2.28. The van der Waals surface area contributed by atoms with Gasteiger partial charge in [-0.3, -0.25) is 0 Å². The number of nitrogens with one attached hydrogen (secondary N) is 1. The van der Waals surface area contributed by atoms with Crippen molar-refractivity contribution in [3.05, 3.63) is 28.0 Å². The van der Waals surface area contributed by atoms with Gasteiger partial charge in [0.2, 0.25) is 0 Å². The molecule has 0 amide bonds. The van der Waals surface area contributed by atoms with E-state index in [1.807, 2.05) is 11.3 Å². The van der Waals surface area contributed by atoms with Crippen molar-refractivity contribution in [3.8, 4) is 0 Å². The van der Waals surface area contributed by atoms with Gasteiger partial charge >= 0.3 is 0 Å². The molecule has 1 aromatic rings. The summed E-state index contributed by atoms with van der Waals surface area (Å²) in [5.41, 5.74) is 2.87. The zero-order chi connectivity index (χ0) is 8.39. The molecule has 0 aliphatic carbocycles. The largest absolute Gasteiger partial charge is 0.312 e. The molecule has 12 heavy (non-hydrogen) atoms. The van der Waals surface area contributed by atoms with E-state index in [-0.39, 0.29) is 0 Å². The molecular formula is C10H13NS. The maximum Gasteiger partial charge on any atom is 0.0208 e. The molecule has 1 aliphatic rings. The monoisotopic (exact) mass is 179 g/mol. The third-order valence-corrected chi connectivity index (χ3v) is 2.99. The summed E-state index contributed by atoms with van der Waals surface area (Å²) in [7, 11) is 0. The Hall–Kier alpha value is -0.600. The summed E-state index contributed by atoms with van der Waals surface area (Å²) in [4.78, 5) is 1.40. The van der Waals surface area contributed by atoms with E-state index in [0.717, 1.165) is 13.1 Å². The van der Waals surface area contributed by atoms with Gasteiger partial charge in [-0.05, 0) is 42.5 Å². The van der Waals surface area contributed by atoms with E-state index in [2.05, 4.69) is 29.8 Å². The van der Waals surface area contributed by atoms with Gasteiger partial charge in [-0.15, -0.1) is 11.3 Å². The Morgan fingerprint density at radius 2 is 2.42 bits per heavy atom. The highest BCUT2D eigenvalue weighted by atomic mass is 32.1. The molecule has 0 saturated carbocycles.